The number of nitrogens with two attached hydrogens (primary N) is 1. The molecule has 6 heteroatoms. The van der Waals surface area contributed by atoms with Crippen molar-refractivity contribution < 1.29 is 14.7 Å². The number of phenolic OH excluding ortho intramolecular Hbond substituents is 1. The van der Waals surface area contributed by atoms with Crippen LogP contribution < -0.4 is 11.1 Å². The van der Waals surface area contributed by atoms with E-state index in [-0.39, 0.29) is 11.7 Å². The van der Waals surface area contributed by atoms with Gasteiger partial charge in [-0.3, -0.25) is 4.79 Å². The van der Waals surface area contributed by atoms with Crippen LogP contribution in [0.15, 0.2) is 48.5 Å². The lowest BCUT2D eigenvalue weighted by Crippen LogP contribution is -2.26. The zero-order valence-corrected chi connectivity index (χ0v) is 12.1. The molecule has 0 aliphatic carbocycles. The molecule has 22 heavy (non-hydrogen) atoms. The largest absolute Gasteiger partial charge is 0.508 e. The predicted octanol–water partition coefficient (Wildman–Crippen LogP) is 2.16. The fraction of sp³-hybridized carbons (Fsp3) is 0.125. The summed E-state index contributed by atoms with van der Waals surface area (Å²) in [6, 6.07) is 12.5. The molecule has 0 bridgehead atoms. The van der Waals surface area contributed by atoms with Gasteiger partial charge in [-0.15, -0.1) is 0 Å². The summed E-state index contributed by atoms with van der Waals surface area (Å²) < 4.78 is 0. The van der Waals surface area contributed by atoms with E-state index < -0.39 is 6.03 Å². The van der Waals surface area contributed by atoms with Crippen LogP contribution in [-0.4, -0.2) is 29.0 Å². The number of phenols is 1. The molecular formula is C16H17N3O3. The Kier molecular flexibility index (Phi) is 4.63. The zero-order valence-electron chi connectivity index (χ0n) is 12.1. The summed E-state index contributed by atoms with van der Waals surface area (Å²) in [6.07, 6.45) is 0. The number of benzene rings is 2. The van der Waals surface area contributed by atoms with E-state index in [1.807, 2.05) is 0 Å². The monoisotopic (exact) mass is 299 g/mol. The molecule has 0 saturated carbocycles. The zero-order chi connectivity index (χ0) is 16.1. The number of rotatable bonds is 4. The van der Waals surface area contributed by atoms with Crippen LogP contribution in [-0.2, 0) is 6.54 Å². The Morgan fingerprint density at radius 3 is 2.23 bits per heavy atom. The quantitative estimate of drug-likeness (QED) is 0.807. The van der Waals surface area contributed by atoms with E-state index in [0.29, 0.717) is 17.8 Å². The van der Waals surface area contributed by atoms with Crippen LogP contribution in [0, 0.1) is 0 Å². The molecule has 4 N–H and O–H groups in total. The third-order valence-corrected chi connectivity index (χ3v) is 3.10. The molecule has 2 aromatic rings. The van der Waals surface area contributed by atoms with Crippen LogP contribution >= 0.6 is 0 Å². The molecule has 6 nitrogen and oxygen atoms in total. The number of hydrogen-bond acceptors (Lipinski definition) is 3. The van der Waals surface area contributed by atoms with E-state index in [1.165, 1.54) is 0 Å². The minimum absolute atomic E-state index is 0.140. The first-order chi connectivity index (χ1) is 10.5. The molecule has 0 unspecified atom stereocenters. The van der Waals surface area contributed by atoms with Crippen LogP contribution in [0.5, 0.6) is 5.75 Å². The van der Waals surface area contributed by atoms with Crippen LogP contribution in [0.4, 0.5) is 10.5 Å². The highest BCUT2D eigenvalue weighted by Crippen LogP contribution is 2.14. The standard InChI is InChI=1S/C16H17N3O3/c1-19(10-11-2-8-14(20)9-3-11)15(21)12-4-6-13(7-5-12)18-16(17)22/h2-9,20H,10H2,1H3,(H3,17,18,22). The summed E-state index contributed by atoms with van der Waals surface area (Å²) in [5.41, 5.74) is 6.98. The topological polar surface area (TPSA) is 95.7 Å². The minimum Gasteiger partial charge on any atom is -0.508 e. The summed E-state index contributed by atoms with van der Waals surface area (Å²) in [5, 5.41) is 11.7. The number of carbonyl (C=O) groups excluding carboxylic acids is 2. The van der Waals surface area contributed by atoms with Gasteiger partial charge >= 0.3 is 6.03 Å². The fourth-order valence-corrected chi connectivity index (χ4v) is 2.01. The number of hydrogen-bond donors (Lipinski definition) is 3. The number of nitrogens with one attached hydrogen (secondary N) is 1. The van der Waals surface area contributed by atoms with Crippen molar-refractivity contribution in [2.24, 2.45) is 5.73 Å². The van der Waals surface area contributed by atoms with Crippen molar-refractivity contribution in [1.29, 1.82) is 0 Å². The van der Waals surface area contributed by atoms with Gasteiger partial charge in [-0.1, -0.05) is 12.1 Å². The SMILES string of the molecule is CN(Cc1ccc(O)cc1)C(=O)c1ccc(NC(N)=O)cc1. The van der Waals surface area contributed by atoms with Crippen molar-refractivity contribution in [3.05, 3.63) is 59.7 Å². The minimum atomic E-state index is -0.650. The predicted molar refractivity (Wildman–Crippen MR) is 83.6 cm³/mol. The normalized spacial score (nSPS) is 10.0. The lowest BCUT2D eigenvalue weighted by atomic mass is 10.1. The van der Waals surface area contributed by atoms with Crippen LogP contribution in [0.2, 0.25) is 0 Å². The summed E-state index contributed by atoms with van der Waals surface area (Å²) in [4.78, 5) is 24.6. The van der Waals surface area contributed by atoms with E-state index >= 15 is 0 Å². The van der Waals surface area contributed by atoms with E-state index in [4.69, 9.17) is 5.73 Å². The molecule has 0 aromatic heterocycles. The van der Waals surface area contributed by atoms with E-state index in [9.17, 15) is 14.7 Å². The van der Waals surface area contributed by atoms with Gasteiger partial charge in [0.25, 0.3) is 5.91 Å². The van der Waals surface area contributed by atoms with Gasteiger partial charge in [0.15, 0.2) is 0 Å². The maximum absolute atomic E-state index is 12.3. The second-order valence-electron chi connectivity index (χ2n) is 4.89. The number of nitrogens with zero attached hydrogens (tertiary/aromatic N) is 1. The lowest BCUT2D eigenvalue weighted by Gasteiger charge is -2.17. The third-order valence-electron chi connectivity index (χ3n) is 3.10. The number of aromatic hydroxyl groups is 1. The summed E-state index contributed by atoms with van der Waals surface area (Å²) >= 11 is 0. The Morgan fingerprint density at radius 2 is 1.68 bits per heavy atom. The summed E-state index contributed by atoms with van der Waals surface area (Å²) in [6.45, 7) is 0.431. The van der Waals surface area contributed by atoms with Crippen LogP contribution in [0.25, 0.3) is 0 Å². The first-order valence-corrected chi connectivity index (χ1v) is 6.65. The van der Waals surface area contributed by atoms with E-state index in [1.54, 1.807) is 60.5 Å². The molecule has 0 spiro atoms. The highest BCUT2D eigenvalue weighted by molar-refractivity contribution is 5.95. The van der Waals surface area contributed by atoms with Crippen molar-refractivity contribution in [3.8, 4) is 5.75 Å². The van der Waals surface area contributed by atoms with Crippen molar-refractivity contribution in [2.45, 2.75) is 6.54 Å². The number of urea groups is 1. The molecule has 2 rings (SSSR count). The molecule has 0 heterocycles. The van der Waals surface area contributed by atoms with Gasteiger partial charge in [0, 0.05) is 24.8 Å². The van der Waals surface area contributed by atoms with Crippen molar-refractivity contribution in [1.82, 2.24) is 4.90 Å². The first-order valence-electron chi connectivity index (χ1n) is 6.65. The van der Waals surface area contributed by atoms with Gasteiger partial charge < -0.3 is 21.1 Å². The second kappa shape index (κ2) is 6.62. The van der Waals surface area contributed by atoms with Gasteiger partial charge in [0.05, 0.1) is 0 Å². The highest BCUT2D eigenvalue weighted by Gasteiger charge is 2.12. The van der Waals surface area contributed by atoms with E-state index in [2.05, 4.69) is 5.32 Å². The van der Waals surface area contributed by atoms with Gasteiger partial charge in [0.1, 0.15) is 5.75 Å². The lowest BCUT2D eigenvalue weighted by molar-refractivity contribution is 0.0785. The maximum atomic E-state index is 12.3. The third kappa shape index (κ3) is 3.99. The highest BCUT2D eigenvalue weighted by atomic mass is 16.3. The Bertz CT molecular complexity index is 666. The van der Waals surface area contributed by atoms with Crippen molar-refractivity contribution in [2.75, 3.05) is 12.4 Å². The molecular weight excluding hydrogens is 282 g/mol. The van der Waals surface area contributed by atoms with Crippen molar-refractivity contribution in [3.63, 3.8) is 0 Å². The van der Waals surface area contributed by atoms with Gasteiger partial charge in [-0.2, -0.15) is 0 Å². The number of carbonyl (C=O) groups is 2. The second-order valence-corrected chi connectivity index (χ2v) is 4.89. The van der Waals surface area contributed by atoms with Crippen molar-refractivity contribution >= 4 is 17.6 Å². The number of anilines is 1. The first kappa shape index (κ1) is 15.4. The molecule has 114 valence electrons. The fourth-order valence-electron chi connectivity index (χ4n) is 2.01. The molecule has 0 fully saturated rings. The van der Waals surface area contributed by atoms with Gasteiger partial charge in [0.2, 0.25) is 0 Å². The molecule has 0 aliphatic rings. The van der Waals surface area contributed by atoms with Gasteiger partial charge in [-0.05, 0) is 42.0 Å². The molecule has 0 atom stereocenters. The molecule has 0 radical (unpaired) electrons. The Labute approximate surface area is 128 Å². The number of primary amides is 1. The Balaban J connectivity index is 2.03. The Hall–Kier alpha value is -3.02. The van der Waals surface area contributed by atoms with Crippen LogP contribution in [0.3, 0.4) is 0 Å². The van der Waals surface area contributed by atoms with Gasteiger partial charge in [-0.25, -0.2) is 4.79 Å². The Morgan fingerprint density at radius 1 is 1.09 bits per heavy atom. The summed E-state index contributed by atoms with van der Waals surface area (Å²) in [7, 11) is 1.70. The molecule has 3 amide bonds. The number of amides is 3. The molecule has 0 saturated heterocycles. The molecule has 0 aliphatic heterocycles. The average molecular weight is 299 g/mol. The summed E-state index contributed by atoms with van der Waals surface area (Å²) in [5.74, 6) is 0.0500. The maximum Gasteiger partial charge on any atom is 0.316 e. The van der Waals surface area contributed by atoms with Crippen LogP contribution in [0.1, 0.15) is 15.9 Å². The average Bonchev–Trinajstić information content (AvgIpc) is 2.49. The van der Waals surface area contributed by atoms with E-state index in [0.717, 1.165) is 5.56 Å². The smallest absolute Gasteiger partial charge is 0.316 e. The molecule has 2 aromatic carbocycles.